The molecular weight excluding hydrogens is 507 g/mol. The summed E-state index contributed by atoms with van der Waals surface area (Å²) < 4.78 is 19.8. The summed E-state index contributed by atoms with van der Waals surface area (Å²) >= 11 is 6.90. The minimum Gasteiger partial charge on any atom is -0.451 e. The molecule has 36 heavy (non-hydrogen) atoms. The van der Waals surface area contributed by atoms with E-state index in [-0.39, 0.29) is 17.1 Å². The van der Waals surface area contributed by atoms with Crippen molar-refractivity contribution in [2.24, 2.45) is 0 Å². The Kier molecular flexibility index (Phi) is 8.26. The predicted molar refractivity (Wildman–Crippen MR) is 157 cm³/mol. The number of thioether (sulfide) groups is 1. The fraction of sp³-hybridized carbons (Fsp3) is 0.571. The van der Waals surface area contributed by atoms with Gasteiger partial charge in [-0.25, -0.2) is 4.79 Å². The number of rotatable bonds is 4. The summed E-state index contributed by atoms with van der Waals surface area (Å²) in [7, 11) is -2.21. The average Bonchev–Trinajstić information content (AvgIpc) is 3.02. The van der Waals surface area contributed by atoms with E-state index in [2.05, 4.69) is 64.2 Å². The highest BCUT2D eigenvalue weighted by molar-refractivity contribution is 8.22. The molecule has 1 amide bonds. The maximum absolute atomic E-state index is 13.6. The minimum atomic E-state index is -2.21. The van der Waals surface area contributed by atoms with Crippen LogP contribution in [-0.2, 0) is 13.9 Å². The van der Waals surface area contributed by atoms with Gasteiger partial charge in [0.1, 0.15) is 5.60 Å². The van der Waals surface area contributed by atoms with Crippen molar-refractivity contribution in [3.63, 3.8) is 0 Å². The highest BCUT2D eigenvalue weighted by Crippen LogP contribution is 2.50. The van der Waals surface area contributed by atoms with E-state index in [1.165, 1.54) is 11.8 Å². The Morgan fingerprint density at radius 1 is 1.08 bits per heavy atom. The Labute approximate surface area is 227 Å². The molecule has 0 spiro atoms. The number of likely N-dealkylation sites (tertiary alicyclic amines) is 1. The van der Waals surface area contributed by atoms with Crippen molar-refractivity contribution in [3.8, 4) is 0 Å². The van der Waals surface area contributed by atoms with Crippen LogP contribution >= 0.6 is 24.0 Å². The molecule has 0 aromatic heterocycles. The quantitative estimate of drug-likeness (QED) is 0.286. The van der Waals surface area contributed by atoms with Gasteiger partial charge in [0.25, 0.3) is 0 Å². The van der Waals surface area contributed by atoms with E-state index >= 15 is 0 Å². The number of fused-ring (bicyclic) bond motifs is 1. The highest BCUT2D eigenvalue weighted by atomic mass is 32.2. The molecule has 0 radical (unpaired) electrons. The third-order valence-electron chi connectivity index (χ3n) is 7.33. The third kappa shape index (κ3) is 5.92. The molecule has 0 saturated carbocycles. The molecule has 1 aliphatic heterocycles. The Bertz CT molecular complexity index is 1120. The number of thiocarbonyl (C=S) groups is 1. The zero-order valence-corrected chi connectivity index (χ0v) is 25.9. The molecule has 0 bridgehead atoms. The van der Waals surface area contributed by atoms with Gasteiger partial charge in [-0.05, 0) is 80.6 Å². The second-order valence-corrected chi connectivity index (χ2v) is 18.3. The fourth-order valence-corrected chi connectivity index (χ4v) is 6.29. The second-order valence-electron chi connectivity index (χ2n) is 12.2. The van der Waals surface area contributed by atoms with E-state index in [1.807, 2.05) is 46.1 Å². The molecule has 1 fully saturated rings. The first-order valence-corrected chi connectivity index (χ1v) is 17.0. The van der Waals surface area contributed by atoms with E-state index in [1.54, 1.807) is 4.90 Å². The molecule has 2 aromatic carbocycles. The number of ether oxygens (including phenoxy) is 2. The lowest BCUT2D eigenvalue weighted by Crippen LogP contribution is -2.52. The number of hydrogen-bond acceptors (Lipinski definition) is 6. The number of carbonyl (C=O) groups is 1. The zero-order chi connectivity index (χ0) is 27.1. The van der Waals surface area contributed by atoms with Gasteiger partial charge in [0.2, 0.25) is 4.38 Å². The van der Waals surface area contributed by atoms with Crippen LogP contribution in [0, 0.1) is 0 Å². The Morgan fingerprint density at radius 3 is 2.28 bits per heavy atom. The van der Waals surface area contributed by atoms with Crippen molar-refractivity contribution in [2.45, 2.75) is 89.9 Å². The molecule has 3 atom stereocenters. The summed E-state index contributed by atoms with van der Waals surface area (Å²) in [4.78, 5) is 15.3. The van der Waals surface area contributed by atoms with E-state index < -0.39 is 25.7 Å². The lowest BCUT2D eigenvalue weighted by molar-refractivity contribution is -0.0676. The molecule has 8 heteroatoms. The van der Waals surface area contributed by atoms with Crippen molar-refractivity contribution in [2.75, 3.05) is 12.8 Å². The van der Waals surface area contributed by atoms with Gasteiger partial charge < -0.3 is 13.9 Å². The van der Waals surface area contributed by atoms with Crippen LogP contribution in [0.3, 0.4) is 0 Å². The van der Waals surface area contributed by atoms with Crippen molar-refractivity contribution in [1.82, 2.24) is 4.90 Å². The summed E-state index contributed by atoms with van der Waals surface area (Å²) in [6.45, 7) is 19.1. The maximum Gasteiger partial charge on any atom is 0.413 e. The molecule has 1 unspecified atom stereocenters. The molecule has 1 saturated heterocycles. The first-order valence-electron chi connectivity index (χ1n) is 12.4. The van der Waals surface area contributed by atoms with Crippen LogP contribution in [0.5, 0.6) is 0 Å². The Hall–Kier alpha value is -1.61. The molecule has 2 aromatic rings. The van der Waals surface area contributed by atoms with E-state index in [4.69, 9.17) is 26.1 Å². The van der Waals surface area contributed by atoms with E-state index in [0.717, 1.165) is 16.3 Å². The van der Waals surface area contributed by atoms with Gasteiger partial charge in [-0.3, -0.25) is 4.90 Å². The highest BCUT2D eigenvalue weighted by Gasteiger charge is 2.59. The average molecular weight is 548 g/mol. The van der Waals surface area contributed by atoms with Crippen LogP contribution in [0.2, 0.25) is 18.1 Å². The summed E-state index contributed by atoms with van der Waals surface area (Å²) in [5.74, 6) is -0.282. The smallest absolute Gasteiger partial charge is 0.413 e. The Morgan fingerprint density at radius 2 is 1.69 bits per heavy atom. The van der Waals surface area contributed by atoms with Gasteiger partial charge >= 0.3 is 6.09 Å². The zero-order valence-electron chi connectivity index (χ0n) is 23.3. The number of nitrogens with zero attached hydrogens (tertiary/aromatic N) is 1. The third-order valence-corrected chi connectivity index (χ3v) is 12.8. The molecule has 1 aliphatic rings. The lowest BCUT2D eigenvalue weighted by atomic mass is 9.85. The minimum absolute atomic E-state index is 0.00146. The monoisotopic (exact) mass is 547 g/mol. The van der Waals surface area contributed by atoms with Crippen LogP contribution in [0.1, 0.15) is 59.9 Å². The lowest BCUT2D eigenvalue weighted by Gasteiger charge is -2.42. The molecule has 0 aliphatic carbocycles. The van der Waals surface area contributed by atoms with Gasteiger partial charge in [0.15, 0.2) is 14.0 Å². The van der Waals surface area contributed by atoms with Crippen LogP contribution in [0.25, 0.3) is 10.8 Å². The van der Waals surface area contributed by atoms with Crippen LogP contribution in [0.15, 0.2) is 42.5 Å². The van der Waals surface area contributed by atoms with Gasteiger partial charge in [-0.15, -0.1) is 0 Å². The largest absolute Gasteiger partial charge is 0.451 e. The summed E-state index contributed by atoms with van der Waals surface area (Å²) in [5.41, 5.74) is -0.667. The maximum atomic E-state index is 13.6. The molecule has 198 valence electrons. The van der Waals surface area contributed by atoms with Crippen molar-refractivity contribution in [3.05, 3.63) is 48.0 Å². The molecule has 1 heterocycles. The number of hydrogen-bond donors (Lipinski definition) is 0. The first kappa shape index (κ1) is 29.0. The van der Waals surface area contributed by atoms with Gasteiger partial charge in [-0.2, -0.15) is 0 Å². The molecular formula is C28H41NO4S2Si. The second kappa shape index (κ2) is 10.3. The summed E-state index contributed by atoms with van der Waals surface area (Å²) in [5, 5.41) is 2.25. The topological polar surface area (TPSA) is 48.0 Å². The van der Waals surface area contributed by atoms with Crippen molar-refractivity contribution in [1.29, 1.82) is 0 Å². The summed E-state index contributed by atoms with van der Waals surface area (Å²) in [6, 6.07) is 14.6. The van der Waals surface area contributed by atoms with Gasteiger partial charge in [0, 0.05) is 0 Å². The van der Waals surface area contributed by atoms with Crippen molar-refractivity contribution >= 4 is 53.5 Å². The first-order chi connectivity index (χ1) is 16.5. The Balaban J connectivity index is 2.23. The molecule has 3 rings (SSSR count). The molecule has 0 N–H and O–H groups in total. The normalized spacial score (nSPS) is 23.1. The summed E-state index contributed by atoms with van der Waals surface area (Å²) in [6.07, 6.45) is 1.16. The number of benzene rings is 2. The molecule has 5 nitrogen and oxygen atoms in total. The van der Waals surface area contributed by atoms with E-state index in [0.29, 0.717) is 10.9 Å². The number of carbonyl (C=O) groups excluding carboxylic acids is 1. The van der Waals surface area contributed by atoms with Crippen LogP contribution < -0.4 is 0 Å². The van der Waals surface area contributed by atoms with Crippen LogP contribution in [0.4, 0.5) is 4.79 Å². The van der Waals surface area contributed by atoms with E-state index in [9.17, 15) is 4.79 Å². The fourth-order valence-electron chi connectivity index (χ4n) is 4.55. The van der Waals surface area contributed by atoms with Gasteiger partial charge in [-0.1, -0.05) is 75.0 Å². The van der Waals surface area contributed by atoms with Crippen LogP contribution in [-0.4, -0.2) is 53.9 Å². The van der Waals surface area contributed by atoms with Gasteiger partial charge in [0.05, 0.1) is 18.6 Å². The van der Waals surface area contributed by atoms with Crippen molar-refractivity contribution < 1.29 is 18.7 Å². The predicted octanol–water partition coefficient (Wildman–Crippen LogP) is 7.95. The number of amides is 1. The SMILES string of the molecule is CSC(=S)O[C@@]1(C)C(c2cccc3ccccc23)[C@@H](O[Si](C)(C)C(C)(C)C)CN1C(=O)OC(C)(C)C. The standard InChI is InChI=1S/C28H41NO4S2Si/c1-26(2,3)31-24(30)29-18-22(33-36(9,10)27(4,5)6)23(28(29,7)32-25(34)35-8)21-17-13-15-19-14-11-12-16-20(19)21/h11-17,22-23H,18H2,1-10H3/t22-,23?,28-/m0/s1.